The predicted octanol–water partition coefficient (Wildman–Crippen LogP) is 10.5. The molecule has 2 N–H and O–H groups in total. The van der Waals surface area contributed by atoms with Crippen LogP contribution in [0.5, 0.6) is 0 Å². The molecule has 0 aliphatic heterocycles. The van der Waals surface area contributed by atoms with Crippen molar-refractivity contribution in [1.82, 2.24) is 0 Å². The number of aryl methyl sites for hydroxylation is 1. The number of hydrogen-bond acceptors (Lipinski definition) is 2. The zero-order valence-electron chi connectivity index (χ0n) is 26.5. The van der Waals surface area contributed by atoms with Gasteiger partial charge in [-0.3, -0.25) is 0 Å². The van der Waals surface area contributed by atoms with Gasteiger partial charge >= 0.3 is 0 Å². The third-order valence-corrected chi connectivity index (χ3v) is 7.62. The van der Waals surface area contributed by atoms with Crippen LogP contribution in [-0.4, -0.2) is 6.54 Å². The molecule has 3 aromatic carbocycles. The van der Waals surface area contributed by atoms with Gasteiger partial charge in [-0.2, -0.15) is 0 Å². The highest BCUT2D eigenvalue weighted by Crippen LogP contribution is 2.41. The Bertz CT molecular complexity index is 1100. The molecular weight excluding hydrogens is 472 g/mol. The number of nitrogens with two attached hydrogens (primary N) is 1. The van der Waals surface area contributed by atoms with Crippen LogP contribution in [0.3, 0.4) is 0 Å². The second-order valence-electron chi connectivity index (χ2n) is 15.2. The molecule has 0 atom stereocenters. The number of hydrogen-bond donors (Lipinski definition) is 1. The molecule has 2 heteroatoms. The van der Waals surface area contributed by atoms with E-state index >= 15 is 0 Å². The Morgan fingerprint density at radius 1 is 0.513 bits per heavy atom. The average molecular weight is 527 g/mol. The Morgan fingerprint density at radius 2 is 0.846 bits per heavy atom. The van der Waals surface area contributed by atoms with Crippen molar-refractivity contribution in [2.75, 3.05) is 11.4 Å². The summed E-state index contributed by atoms with van der Waals surface area (Å²) in [6.45, 7) is 24.2. The molecule has 0 spiro atoms. The minimum Gasteiger partial charge on any atom is -0.330 e. The molecule has 0 aromatic heterocycles. The van der Waals surface area contributed by atoms with Crippen molar-refractivity contribution in [2.45, 2.75) is 106 Å². The van der Waals surface area contributed by atoms with Gasteiger partial charge in [0.15, 0.2) is 0 Å². The van der Waals surface area contributed by atoms with E-state index in [1.807, 2.05) is 0 Å². The van der Waals surface area contributed by atoms with Crippen LogP contribution in [0, 0.1) is 10.8 Å². The number of nitrogens with zero attached hydrogens (tertiary/aromatic N) is 1. The van der Waals surface area contributed by atoms with Crippen LogP contribution in [-0.2, 0) is 17.3 Å². The minimum absolute atomic E-state index is 0.118. The molecule has 0 aliphatic carbocycles. The van der Waals surface area contributed by atoms with Crippen molar-refractivity contribution in [3.8, 4) is 0 Å². The maximum atomic E-state index is 5.75. The average Bonchev–Trinajstić information content (AvgIpc) is 2.81. The molecule has 3 aromatic rings. The van der Waals surface area contributed by atoms with Crippen LogP contribution in [0.1, 0.15) is 105 Å². The minimum atomic E-state index is 0.118. The monoisotopic (exact) mass is 526 g/mol. The van der Waals surface area contributed by atoms with Crippen LogP contribution in [0.15, 0.2) is 72.8 Å². The summed E-state index contributed by atoms with van der Waals surface area (Å²) in [6.07, 6.45) is 4.31. The first kappa shape index (κ1) is 31.0. The van der Waals surface area contributed by atoms with Crippen molar-refractivity contribution in [3.05, 3.63) is 89.5 Å². The SMILES string of the molecule is CC(C)(C)CC(C)(C)c1ccc(N(c2ccc(CCCN)cc2)c2ccc(C(C)(C)CC(C)(C)C)cc2)cc1. The predicted molar refractivity (Wildman–Crippen MR) is 173 cm³/mol. The molecule has 0 fully saturated rings. The summed E-state index contributed by atoms with van der Waals surface area (Å²) in [5, 5.41) is 0. The lowest BCUT2D eigenvalue weighted by Crippen LogP contribution is -2.25. The summed E-state index contributed by atoms with van der Waals surface area (Å²) in [5.41, 5.74) is 14.2. The second kappa shape index (κ2) is 11.9. The molecule has 212 valence electrons. The van der Waals surface area contributed by atoms with Crippen LogP contribution in [0.4, 0.5) is 17.1 Å². The summed E-state index contributed by atoms with van der Waals surface area (Å²) in [7, 11) is 0. The zero-order valence-corrected chi connectivity index (χ0v) is 26.5. The molecule has 0 saturated heterocycles. The standard InChI is InChI=1S/C37H54N2/c1-34(2,3)26-36(7,8)29-15-21-32(22-16-29)39(31-19-13-28(14-20-31)12-11-25-38)33-23-17-30(18-24-33)37(9,10)27-35(4,5)6/h13-24H,11-12,25-27,38H2,1-10H3. The molecule has 2 nitrogen and oxygen atoms in total. The topological polar surface area (TPSA) is 29.3 Å². The molecule has 0 heterocycles. The highest BCUT2D eigenvalue weighted by Gasteiger charge is 2.29. The maximum Gasteiger partial charge on any atom is 0.0461 e. The Kier molecular flexibility index (Phi) is 9.43. The van der Waals surface area contributed by atoms with Crippen molar-refractivity contribution in [3.63, 3.8) is 0 Å². The van der Waals surface area contributed by atoms with Gasteiger partial charge < -0.3 is 10.6 Å². The van der Waals surface area contributed by atoms with E-state index in [0.717, 1.165) is 32.2 Å². The third-order valence-electron chi connectivity index (χ3n) is 7.62. The lowest BCUT2D eigenvalue weighted by molar-refractivity contribution is 0.283. The highest BCUT2D eigenvalue weighted by atomic mass is 15.1. The lowest BCUT2D eigenvalue weighted by Gasteiger charge is -2.34. The molecule has 0 unspecified atom stereocenters. The maximum absolute atomic E-state index is 5.75. The van der Waals surface area contributed by atoms with E-state index in [1.54, 1.807) is 0 Å². The van der Waals surface area contributed by atoms with E-state index in [9.17, 15) is 0 Å². The van der Waals surface area contributed by atoms with Gasteiger partial charge in [-0.05, 0) is 107 Å². The summed E-state index contributed by atoms with van der Waals surface area (Å²) in [4.78, 5) is 2.38. The van der Waals surface area contributed by atoms with E-state index in [-0.39, 0.29) is 21.7 Å². The number of anilines is 3. The van der Waals surface area contributed by atoms with Gasteiger partial charge in [-0.1, -0.05) is 106 Å². The van der Waals surface area contributed by atoms with Crippen molar-refractivity contribution >= 4 is 17.1 Å². The fourth-order valence-electron chi connectivity index (χ4n) is 6.54. The summed E-state index contributed by atoms with van der Waals surface area (Å²) in [5.74, 6) is 0. The highest BCUT2D eigenvalue weighted by molar-refractivity contribution is 5.76. The second-order valence-corrected chi connectivity index (χ2v) is 15.2. The van der Waals surface area contributed by atoms with E-state index in [2.05, 4.69) is 147 Å². The molecule has 0 aliphatic rings. The van der Waals surface area contributed by atoms with Crippen LogP contribution in [0.2, 0.25) is 0 Å². The quantitative estimate of drug-likeness (QED) is 0.285. The first-order valence-electron chi connectivity index (χ1n) is 14.8. The summed E-state index contributed by atoms with van der Waals surface area (Å²) < 4.78 is 0. The largest absolute Gasteiger partial charge is 0.330 e. The van der Waals surface area contributed by atoms with Crippen molar-refractivity contribution in [1.29, 1.82) is 0 Å². The Labute approximate surface area is 240 Å². The van der Waals surface area contributed by atoms with Crippen LogP contribution >= 0.6 is 0 Å². The molecule has 0 bridgehead atoms. The first-order valence-corrected chi connectivity index (χ1v) is 14.8. The summed E-state index contributed by atoms with van der Waals surface area (Å²) >= 11 is 0. The van der Waals surface area contributed by atoms with E-state index < -0.39 is 0 Å². The molecule has 39 heavy (non-hydrogen) atoms. The molecule has 0 saturated carbocycles. The Hall–Kier alpha value is -2.58. The van der Waals surface area contributed by atoms with Crippen LogP contribution < -0.4 is 10.6 Å². The van der Waals surface area contributed by atoms with E-state index in [0.29, 0.717) is 0 Å². The smallest absolute Gasteiger partial charge is 0.0461 e. The van der Waals surface area contributed by atoms with Crippen LogP contribution in [0.25, 0.3) is 0 Å². The number of benzene rings is 3. The van der Waals surface area contributed by atoms with Gasteiger partial charge in [0.25, 0.3) is 0 Å². The van der Waals surface area contributed by atoms with E-state index in [4.69, 9.17) is 5.73 Å². The first-order chi connectivity index (χ1) is 18.0. The zero-order chi connectivity index (χ0) is 29.1. The fraction of sp³-hybridized carbons (Fsp3) is 0.514. The molecule has 0 radical (unpaired) electrons. The van der Waals surface area contributed by atoms with Gasteiger partial charge in [0, 0.05) is 17.1 Å². The molecule has 0 amide bonds. The van der Waals surface area contributed by atoms with E-state index in [1.165, 1.54) is 33.8 Å². The van der Waals surface area contributed by atoms with Gasteiger partial charge in [-0.15, -0.1) is 0 Å². The fourth-order valence-corrected chi connectivity index (χ4v) is 6.54. The summed E-state index contributed by atoms with van der Waals surface area (Å²) in [6, 6.07) is 27.5. The molecule has 3 rings (SSSR count). The van der Waals surface area contributed by atoms with Gasteiger partial charge in [0.2, 0.25) is 0 Å². The van der Waals surface area contributed by atoms with Gasteiger partial charge in [-0.25, -0.2) is 0 Å². The molecular formula is C37H54N2. The third kappa shape index (κ3) is 8.70. The van der Waals surface area contributed by atoms with Gasteiger partial charge in [0.1, 0.15) is 0 Å². The van der Waals surface area contributed by atoms with Gasteiger partial charge in [0.05, 0.1) is 0 Å². The normalized spacial score (nSPS) is 13.0. The van der Waals surface area contributed by atoms with Crippen molar-refractivity contribution < 1.29 is 0 Å². The van der Waals surface area contributed by atoms with Crippen molar-refractivity contribution in [2.24, 2.45) is 16.6 Å². The number of rotatable bonds is 10. The Balaban J connectivity index is 2.00. The lowest BCUT2D eigenvalue weighted by atomic mass is 9.72. The Morgan fingerprint density at radius 3 is 1.15 bits per heavy atom.